The Morgan fingerprint density at radius 1 is 1.43 bits per heavy atom. The quantitative estimate of drug-likeness (QED) is 0.759. The highest BCUT2D eigenvalue weighted by Gasteiger charge is 2.41. The van der Waals surface area contributed by atoms with Gasteiger partial charge in [0.1, 0.15) is 6.10 Å². The molecule has 1 saturated carbocycles. The molecular formula is C11H11BrO2. The summed E-state index contributed by atoms with van der Waals surface area (Å²) in [7, 11) is 0. The van der Waals surface area contributed by atoms with Crippen molar-refractivity contribution in [2.24, 2.45) is 0 Å². The molecule has 1 aromatic rings. The second-order valence-corrected chi connectivity index (χ2v) is 4.46. The average Bonchev–Trinajstić information content (AvgIpc) is 2.84. The van der Waals surface area contributed by atoms with Crippen molar-refractivity contribution in [1.82, 2.24) is 0 Å². The summed E-state index contributed by atoms with van der Waals surface area (Å²) < 4.78 is 6.18. The third-order valence-electron chi connectivity index (χ3n) is 2.35. The number of carbonyl (C=O) groups excluding carboxylic acids is 1. The maximum Gasteiger partial charge on any atom is 0.302 e. The van der Waals surface area contributed by atoms with Crippen molar-refractivity contribution in [2.45, 2.75) is 25.4 Å². The van der Waals surface area contributed by atoms with Crippen LogP contribution in [0.5, 0.6) is 0 Å². The molecule has 14 heavy (non-hydrogen) atoms. The minimum Gasteiger partial charge on any atom is -0.462 e. The Morgan fingerprint density at radius 3 is 2.64 bits per heavy atom. The molecule has 0 aromatic heterocycles. The lowest BCUT2D eigenvalue weighted by molar-refractivity contribution is -0.142. The first-order valence-corrected chi connectivity index (χ1v) is 5.39. The zero-order valence-corrected chi connectivity index (χ0v) is 9.45. The van der Waals surface area contributed by atoms with Crippen molar-refractivity contribution in [3.63, 3.8) is 0 Å². The van der Waals surface area contributed by atoms with Crippen LogP contribution in [0.15, 0.2) is 28.7 Å². The Bertz CT molecular complexity index is 345. The van der Waals surface area contributed by atoms with Crippen LogP contribution in [0.2, 0.25) is 0 Å². The molecular weight excluding hydrogens is 244 g/mol. The number of halogens is 1. The number of ether oxygens (including phenoxy) is 1. The maximum atomic E-state index is 10.7. The number of carbonyl (C=O) groups is 1. The molecule has 0 spiro atoms. The van der Waals surface area contributed by atoms with E-state index < -0.39 is 0 Å². The average molecular weight is 255 g/mol. The van der Waals surface area contributed by atoms with E-state index >= 15 is 0 Å². The van der Waals surface area contributed by atoms with Gasteiger partial charge in [0, 0.05) is 17.3 Å². The Balaban J connectivity index is 1.99. The van der Waals surface area contributed by atoms with Crippen molar-refractivity contribution in [2.75, 3.05) is 0 Å². The van der Waals surface area contributed by atoms with Crippen molar-refractivity contribution in [3.8, 4) is 0 Å². The predicted octanol–water partition coefficient (Wildman–Crippen LogP) is 2.87. The highest BCUT2D eigenvalue weighted by Crippen LogP contribution is 2.43. The van der Waals surface area contributed by atoms with Gasteiger partial charge in [-0.05, 0) is 24.1 Å². The minimum absolute atomic E-state index is 0.105. The summed E-state index contributed by atoms with van der Waals surface area (Å²) in [6, 6.07) is 8.16. The third kappa shape index (κ3) is 2.15. The smallest absolute Gasteiger partial charge is 0.302 e. The summed E-state index contributed by atoms with van der Waals surface area (Å²) in [6.45, 7) is 1.46. The molecule has 0 saturated heterocycles. The molecule has 0 unspecified atom stereocenters. The van der Waals surface area contributed by atoms with Gasteiger partial charge in [0.15, 0.2) is 0 Å². The molecule has 0 amide bonds. The van der Waals surface area contributed by atoms with E-state index in [1.807, 2.05) is 12.1 Å². The molecule has 1 aliphatic carbocycles. The fourth-order valence-corrected chi connectivity index (χ4v) is 1.84. The largest absolute Gasteiger partial charge is 0.462 e. The van der Waals surface area contributed by atoms with Crippen LogP contribution in [0.3, 0.4) is 0 Å². The van der Waals surface area contributed by atoms with Gasteiger partial charge < -0.3 is 4.74 Å². The van der Waals surface area contributed by atoms with E-state index in [4.69, 9.17) is 4.74 Å². The molecule has 0 N–H and O–H groups in total. The van der Waals surface area contributed by atoms with Crippen LogP contribution >= 0.6 is 15.9 Å². The van der Waals surface area contributed by atoms with Crippen LogP contribution < -0.4 is 0 Å². The van der Waals surface area contributed by atoms with Gasteiger partial charge in [-0.2, -0.15) is 0 Å². The van der Waals surface area contributed by atoms with Crippen LogP contribution in [0.4, 0.5) is 0 Å². The van der Waals surface area contributed by atoms with E-state index in [1.54, 1.807) is 0 Å². The lowest BCUT2D eigenvalue weighted by atomic mass is 10.1. The Hall–Kier alpha value is -0.830. The summed E-state index contributed by atoms with van der Waals surface area (Å²) in [4.78, 5) is 10.7. The van der Waals surface area contributed by atoms with E-state index in [0.717, 1.165) is 10.9 Å². The van der Waals surface area contributed by atoms with Crippen molar-refractivity contribution in [1.29, 1.82) is 0 Å². The van der Waals surface area contributed by atoms with Crippen molar-refractivity contribution >= 4 is 21.9 Å². The molecule has 1 aliphatic rings. The standard InChI is InChI=1S/C11H11BrO2/c1-7(13)14-11-6-10(11)8-2-4-9(12)5-3-8/h2-5,10-11H,6H2,1H3/t10-,11+/m0/s1. The number of rotatable bonds is 2. The topological polar surface area (TPSA) is 26.3 Å². The summed E-state index contributed by atoms with van der Waals surface area (Å²) >= 11 is 3.39. The molecule has 2 nitrogen and oxygen atoms in total. The summed E-state index contributed by atoms with van der Waals surface area (Å²) in [5.74, 6) is 0.224. The molecule has 1 aromatic carbocycles. The van der Waals surface area contributed by atoms with Gasteiger partial charge in [-0.1, -0.05) is 28.1 Å². The third-order valence-corrected chi connectivity index (χ3v) is 2.88. The first kappa shape index (κ1) is 9.71. The maximum absolute atomic E-state index is 10.7. The lowest BCUT2D eigenvalue weighted by Crippen LogP contribution is -2.02. The van der Waals surface area contributed by atoms with Gasteiger partial charge in [0.05, 0.1) is 0 Å². The normalized spacial score (nSPS) is 24.4. The van der Waals surface area contributed by atoms with Gasteiger partial charge in [-0.15, -0.1) is 0 Å². The second kappa shape index (κ2) is 3.73. The van der Waals surface area contributed by atoms with Crippen LogP contribution in [-0.2, 0) is 9.53 Å². The first-order valence-electron chi connectivity index (χ1n) is 4.59. The highest BCUT2D eigenvalue weighted by molar-refractivity contribution is 9.10. The minimum atomic E-state index is -0.186. The summed E-state index contributed by atoms with van der Waals surface area (Å²) in [5, 5.41) is 0. The number of esters is 1. The summed E-state index contributed by atoms with van der Waals surface area (Å²) in [5.41, 5.74) is 1.25. The van der Waals surface area contributed by atoms with E-state index in [0.29, 0.717) is 5.92 Å². The molecule has 2 rings (SSSR count). The van der Waals surface area contributed by atoms with Gasteiger partial charge in [-0.3, -0.25) is 4.79 Å². The van der Waals surface area contributed by atoms with Crippen molar-refractivity contribution in [3.05, 3.63) is 34.3 Å². The van der Waals surface area contributed by atoms with E-state index in [-0.39, 0.29) is 12.1 Å². The van der Waals surface area contributed by atoms with Crippen molar-refractivity contribution < 1.29 is 9.53 Å². The SMILES string of the molecule is CC(=O)O[C@@H]1C[C@H]1c1ccc(Br)cc1. The molecule has 2 atom stereocenters. The fourth-order valence-electron chi connectivity index (χ4n) is 1.58. The second-order valence-electron chi connectivity index (χ2n) is 3.54. The van der Waals surface area contributed by atoms with E-state index in [9.17, 15) is 4.79 Å². The van der Waals surface area contributed by atoms with Crippen LogP contribution in [-0.4, -0.2) is 12.1 Å². The molecule has 74 valence electrons. The Labute approximate surface area is 91.4 Å². The molecule has 3 heteroatoms. The molecule has 0 bridgehead atoms. The van der Waals surface area contributed by atoms with Gasteiger partial charge in [0.25, 0.3) is 0 Å². The van der Waals surface area contributed by atoms with E-state index in [1.165, 1.54) is 12.5 Å². The van der Waals surface area contributed by atoms with Gasteiger partial charge in [0.2, 0.25) is 0 Å². The monoisotopic (exact) mass is 254 g/mol. The number of benzene rings is 1. The predicted molar refractivity (Wildman–Crippen MR) is 57.1 cm³/mol. The molecule has 0 heterocycles. The van der Waals surface area contributed by atoms with Crippen LogP contribution in [0, 0.1) is 0 Å². The lowest BCUT2D eigenvalue weighted by Gasteiger charge is -2.01. The van der Waals surface area contributed by atoms with Gasteiger partial charge >= 0.3 is 5.97 Å². The number of hydrogen-bond donors (Lipinski definition) is 0. The highest BCUT2D eigenvalue weighted by atomic mass is 79.9. The molecule has 1 fully saturated rings. The van der Waals surface area contributed by atoms with Crippen LogP contribution in [0.1, 0.15) is 24.8 Å². The fraction of sp³-hybridized carbons (Fsp3) is 0.364. The molecule has 0 aliphatic heterocycles. The zero-order chi connectivity index (χ0) is 10.1. The van der Waals surface area contributed by atoms with Gasteiger partial charge in [-0.25, -0.2) is 0 Å². The van der Waals surface area contributed by atoms with Crippen LogP contribution in [0.25, 0.3) is 0 Å². The van der Waals surface area contributed by atoms with E-state index in [2.05, 4.69) is 28.1 Å². The first-order chi connectivity index (χ1) is 6.66. The summed E-state index contributed by atoms with van der Waals surface area (Å²) in [6.07, 6.45) is 1.06. The molecule has 0 radical (unpaired) electrons. The Kier molecular flexibility index (Phi) is 2.59. The number of hydrogen-bond acceptors (Lipinski definition) is 2. The Morgan fingerprint density at radius 2 is 2.07 bits per heavy atom. The zero-order valence-electron chi connectivity index (χ0n) is 7.87.